The summed E-state index contributed by atoms with van der Waals surface area (Å²) in [7, 11) is -7.91. The number of rotatable bonds is 5. The SMILES string of the molecule is O=S1(=O)CCC(S(=O)(=O)N(CCO)CC(F)(F)F)C1. The molecule has 1 unspecified atom stereocenters. The van der Waals surface area contributed by atoms with Crippen molar-refractivity contribution in [3.05, 3.63) is 0 Å². The maximum absolute atomic E-state index is 12.3. The summed E-state index contributed by atoms with van der Waals surface area (Å²) >= 11 is 0. The minimum absolute atomic E-state index is 0.0957. The maximum Gasteiger partial charge on any atom is 0.402 e. The van der Waals surface area contributed by atoms with E-state index in [2.05, 4.69) is 0 Å². The molecule has 6 nitrogen and oxygen atoms in total. The Balaban J connectivity index is 2.94. The molecule has 1 N–H and O–H groups in total. The molecule has 1 saturated heterocycles. The van der Waals surface area contributed by atoms with Gasteiger partial charge in [0.1, 0.15) is 6.54 Å². The van der Waals surface area contributed by atoms with E-state index < -0.39 is 56.7 Å². The number of sulfonamides is 1. The molecule has 0 aromatic heterocycles. The molecule has 1 fully saturated rings. The van der Waals surface area contributed by atoms with Crippen molar-refractivity contribution in [3.63, 3.8) is 0 Å². The van der Waals surface area contributed by atoms with Crippen molar-refractivity contribution in [2.75, 3.05) is 31.2 Å². The van der Waals surface area contributed by atoms with Crippen LogP contribution in [-0.4, -0.2) is 68.9 Å². The predicted octanol–water partition coefficient (Wildman–Crippen LogP) is -0.640. The smallest absolute Gasteiger partial charge is 0.395 e. The average Bonchev–Trinajstić information content (AvgIpc) is 2.57. The first-order valence-corrected chi connectivity index (χ1v) is 8.67. The Kier molecular flexibility index (Phi) is 4.86. The zero-order valence-corrected chi connectivity index (χ0v) is 11.4. The molecule has 0 saturated carbocycles. The quantitative estimate of drug-likeness (QED) is 0.726. The van der Waals surface area contributed by atoms with Crippen molar-refractivity contribution in [2.45, 2.75) is 17.8 Å². The summed E-state index contributed by atoms with van der Waals surface area (Å²) < 4.78 is 83.2. The van der Waals surface area contributed by atoms with Crippen LogP contribution >= 0.6 is 0 Å². The van der Waals surface area contributed by atoms with Gasteiger partial charge in [0.25, 0.3) is 0 Å². The van der Waals surface area contributed by atoms with E-state index >= 15 is 0 Å². The van der Waals surface area contributed by atoms with Gasteiger partial charge >= 0.3 is 6.18 Å². The molecular weight excluding hydrogens is 311 g/mol. The van der Waals surface area contributed by atoms with E-state index in [-0.39, 0.29) is 16.5 Å². The van der Waals surface area contributed by atoms with Crippen LogP contribution in [0.4, 0.5) is 13.2 Å². The van der Waals surface area contributed by atoms with Crippen molar-refractivity contribution >= 4 is 19.9 Å². The van der Waals surface area contributed by atoms with Gasteiger partial charge in [0, 0.05) is 6.54 Å². The molecule has 0 aromatic carbocycles. The number of alkyl halides is 3. The third-order valence-corrected chi connectivity index (χ3v) is 6.93. The summed E-state index contributed by atoms with van der Waals surface area (Å²) in [5.74, 6) is -1.02. The summed E-state index contributed by atoms with van der Waals surface area (Å²) in [5, 5.41) is 7.28. The highest BCUT2D eigenvalue weighted by Gasteiger charge is 2.43. The molecule has 0 amide bonds. The number of nitrogens with zero attached hydrogens (tertiary/aromatic N) is 1. The van der Waals surface area contributed by atoms with Gasteiger partial charge < -0.3 is 5.11 Å². The lowest BCUT2D eigenvalue weighted by molar-refractivity contribution is -0.136. The fraction of sp³-hybridized carbons (Fsp3) is 1.00. The van der Waals surface area contributed by atoms with Gasteiger partial charge in [-0.05, 0) is 6.42 Å². The monoisotopic (exact) mass is 325 g/mol. The van der Waals surface area contributed by atoms with Gasteiger partial charge in [-0.25, -0.2) is 16.8 Å². The Morgan fingerprint density at radius 3 is 2.26 bits per heavy atom. The molecule has 1 heterocycles. The summed E-state index contributed by atoms with van der Waals surface area (Å²) in [6.45, 7) is -3.21. The van der Waals surface area contributed by atoms with Crippen LogP contribution in [0.3, 0.4) is 0 Å². The van der Waals surface area contributed by atoms with Gasteiger partial charge in [0.15, 0.2) is 9.84 Å². The Labute approximate surface area is 109 Å². The van der Waals surface area contributed by atoms with Gasteiger partial charge in [-0.15, -0.1) is 0 Å². The topological polar surface area (TPSA) is 91.8 Å². The normalized spacial score (nSPS) is 23.9. The molecule has 19 heavy (non-hydrogen) atoms. The van der Waals surface area contributed by atoms with Crippen LogP contribution in [0.2, 0.25) is 0 Å². The summed E-state index contributed by atoms with van der Waals surface area (Å²) in [6.07, 6.45) is -4.97. The van der Waals surface area contributed by atoms with Crippen LogP contribution in [0.1, 0.15) is 6.42 Å². The van der Waals surface area contributed by atoms with E-state index in [1.807, 2.05) is 0 Å². The first kappa shape index (κ1) is 16.7. The van der Waals surface area contributed by atoms with Crippen LogP contribution in [0, 0.1) is 0 Å². The Bertz CT molecular complexity index is 513. The second-order valence-corrected chi connectivity index (χ2v) is 8.68. The van der Waals surface area contributed by atoms with Crippen LogP contribution in [0.15, 0.2) is 0 Å². The van der Waals surface area contributed by atoms with E-state index in [4.69, 9.17) is 5.11 Å². The summed E-state index contributed by atoms with van der Waals surface area (Å²) in [6, 6.07) is 0. The highest BCUT2D eigenvalue weighted by Crippen LogP contribution is 2.25. The molecule has 0 radical (unpaired) electrons. The highest BCUT2D eigenvalue weighted by atomic mass is 32.2. The minimum atomic E-state index is -4.75. The molecule has 1 aliphatic heterocycles. The van der Waals surface area contributed by atoms with Crippen molar-refractivity contribution in [2.24, 2.45) is 0 Å². The molecule has 0 spiro atoms. The fourth-order valence-corrected chi connectivity index (χ4v) is 6.32. The van der Waals surface area contributed by atoms with Crippen molar-refractivity contribution in [3.8, 4) is 0 Å². The zero-order valence-electron chi connectivity index (χ0n) is 9.80. The highest BCUT2D eigenvalue weighted by molar-refractivity contribution is 7.95. The van der Waals surface area contributed by atoms with E-state index in [0.717, 1.165) is 0 Å². The van der Waals surface area contributed by atoms with E-state index in [1.165, 1.54) is 0 Å². The van der Waals surface area contributed by atoms with Crippen LogP contribution in [-0.2, 0) is 19.9 Å². The third-order valence-electron chi connectivity index (χ3n) is 2.68. The molecule has 0 bridgehead atoms. The molecule has 11 heteroatoms. The fourth-order valence-electron chi connectivity index (χ4n) is 1.81. The van der Waals surface area contributed by atoms with E-state index in [0.29, 0.717) is 0 Å². The number of hydrogen-bond donors (Lipinski definition) is 1. The van der Waals surface area contributed by atoms with Crippen molar-refractivity contribution < 1.29 is 35.1 Å². The molecule has 114 valence electrons. The number of hydrogen-bond acceptors (Lipinski definition) is 5. The van der Waals surface area contributed by atoms with Crippen LogP contribution in [0.5, 0.6) is 0 Å². The van der Waals surface area contributed by atoms with E-state index in [9.17, 15) is 30.0 Å². The average molecular weight is 325 g/mol. The third kappa shape index (κ3) is 4.58. The Hall–Kier alpha value is -0.390. The van der Waals surface area contributed by atoms with Gasteiger partial charge in [0.2, 0.25) is 10.0 Å². The lowest BCUT2D eigenvalue weighted by atomic mass is 10.4. The van der Waals surface area contributed by atoms with Crippen LogP contribution < -0.4 is 0 Å². The lowest BCUT2D eigenvalue weighted by Gasteiger charge is -2.25. The van der Waals surface area contributed by atoms with Gasteiger partial charge in [0.05, 0.1) is 23.4 Å². The number of aliphatic hydroxyl groups is 1. The van der Waals surface area contributed by atoms with Crippen molar-refractivity contribution in [1.82, 2.24) is 4.31 Å². The number of halogens is 3. The van der Waals surface area contributed by atoms with Crippen molar-refractivity contribution in [1.29, 1.82) is 0 Å². The Morgan fingerprint density at radius 2 is 1.89 bits per heavy atom. The molecule has 1 rings (SSSR count). The molecule has 0 aliphatic carbocycles. The Morgan fingerprint density at radius 1 is 1.32 bits per heavy atom. The predicted molar refractivity (Wildman–Crippen MR) is 60.7 cm³/mol. The van der Waals surface area contributed by atoms with Gasteiger partial charge in [-0.1, -0.05) is 0 Å². The first-order valence-electron chi connectivity index (χ1n) is 5.35. The largest absolute Gasteiger partial charge is 0.402 e. The molecule has 0 aromatic rings. The van der Waals surface area contributed by atoms with Gasteiger partial charge in [-0.2, -0.15) is 17.5 Å². The summed E-state index contributed by atoms with van der Waals surface area (Å²) in [4.78, 5) is 0. The molecule has 1 atom stereocenters. The summed E-state index contributed by atoms with van der Waals surface area (Å²) in [5.41, 5.74) is 0. The minimum Gasteiger partial charge on any atom is -0.395 e. The van der Waals surface area contributed by atoms with Gasteiger partial charge in [-0.3, -0.25) is 0 Å². The standard InChI is InChI=1S/C8H14F3NO5S2/c9-8(10,11)6-12(2-3-13)19(16,17)7-1-4-18(14,15)5-7/h7,13H,1-6H2. The number of sulfone groups is 1. The lowest BCUT2D eigenvalue weighted by Crippen LogP contribution is -2.45. The number of aliphatic hydroxyl groups excluding tert-OH is 1. The zero-order chi connectivity index (χ0) is 14.9. The molecular formula is C8H14F3NO5S2. The van der Waals surface area contributed by atoms with Crippen LogP contribution in [0.25, 0.3) is 0 Å². The van der Waals surface area contributed by atoms with E-state index in [1.54, 1.807) is 0 Å². The second kappa shape index (κ2) is 5.54. The maximum atomic E-state index is 12.3. The second-order valence-electron chi connectivity index (χ2n) is 4.24. The first-order chi connectivity index (χ1) is 8.48. The molecule has 1 aliphatic rings.